The molecule has 0 bridgehead atoms. The predicted molar refractivity (Wildman–Crippen MR) is 42.9 cm³/mol. The SMILES string of the molecule is C.Cc1ccccc1Cl. The van der Waals surface area contributed by atoms with Crippen LogP contribution in [0.3, 0.4) is 0 Å². The maximum absolute atomic E-state index is 5.71. The molecule has 0 amide bonds. The molecule has 0 unspecified atom stereocenters. The van der Waals surface area contributed by atoms with Crippen LogP contribution in [0.1, 0.15) is 13.0 Å². The van der Waals surface area contributed by atoms with Gasteiger partial charge < -0.3 is 0 Å². The molecule has 0 aliphatic carbocycles. The second-order valence-electron chi connectivity index (χ2n) is 1.75. The molecule has 0 heterocycles. The molecule has 0 fully saturated rings. The van der Waals surface area contributed by atoms with E-state index in [0.29, 0.717) is 0 Å². The number of benzene rings is 1. The van der Waals surface area contributed by atoms with Gasteiger partial charge >= 0.3 is 0 Å². The van der Waals surface area contributed by atoms with Crippen molar-refractivity contribution in [3.05, 3.63) is 34.9 Å². The summed E-state index contributed by atoms with van der Waals surface area (Å²) < 4.78 is 0. The van der Waals surface area contributed by atoms with Crippen LogP contribution in [0.25, 0.3) is 0 Å². The van der Waals surface area contributed by atoms with Gasteiger partial charge in [-0.25, -0.2) is 0 Å². The lowest BCUT2D eigenvalue weighted by Gasteiger charge is -1.90. The van der Waals surface area contributed by atoms with Gasteiger partial charge in [-0.15, -0.1) is 0 Å². The number of aryl methyl sites for hydroxylation is 1. The van der Waals surface area contributed by atoms with Crippen molar-refractivity contribution in [3.63, 3.8) is 0 Å². The Morgan fingerprint density at radius 3 is 2.11 bits per heavy atom. The van der Waals surface area contributed by atoms with Crippen molar-refractivity contribution >= 4 is 11.6 Å². The molecular weight excluding hydrogens is 132 g/mol. The molecule has 0 atom stereocenters. The predicted octanol–water partition coefficient (Wildman–Crippen LogP) is 3.28. The Morgan fingerprint density at radius 2 is 1.78 bits per heavy atom. The van der Waals surface area contributed by atoms with Crippen LogP contribution in [-0.4, -0.2) is 0 Å². The first-order valence-corrected chi connectivity index (χ1v) is 2.89. The Labute approximate surface area is 61.5 Å². The lowest BCUT2D eigenvalue weighted by molar-refractivity contribution is 1.47. The van der Waals surface area contributed by atoms with E-state index in [9.17, 15) is 0 Å². The summed E-state index contributed by atoms with van der Waals surface area (Å²) in [5.41, 5.74) is 1.13. The van der Waals surface area contributed by atoms with Crippen LogP contribution in [-0.2, 0) is 0 Å². The van der Waals surface area contributed by atoms with Crippen molar-refractivity contribution in [2.24, 2.45) is 0 Å². The molecule has 0 aliphatic rings. The standard InChI is InChI=1S/C7H7Cl.CH4/c1-6-4-2-3-5-7(6)8;/h2-5H,1H3;1H4. The van der Waals surface area contributed by atoms with Crippen molar-refractivity contribution < 1.29 is 0 Å². The normalized spacial score (nSPS) is 8.22. The molecule has 9 heavy (non-hydrogen) atoms. The van der Waals surface area contributed by atoms with Crippen LogP contribution in [0.5, 0.6) is 0 Å². The van der Waals surface area contributed by atoms with Gasteiger partial charge in [-0.1, -0.05) is 37.2 Å². The summed E-state index contributed by atoms with van der Waals surface area (Å²) in [6, 6.07) is 7.77. The highest BCUT2D eigenvalue weighted by Crippen LogP contribution is 2.11. The first-order valence-electron chi connectivity index (χ1n) is 2.52. The minimum absolute atomic E-state index is 0. The molecule has 0 nitrogen and oxygen atoms in total. The maximum Gasteiger partial charge on any atom is 0.0435 e. The number of halogens is 1. The fraction of sp³-hybridized carbons (Fsp3) is 0.250. The third-order valence-corrected chi connectivity index (χ3v) is 1.50. The van der Waals surface area contributed by atoms with E-state index < -0.39 is 0 Å². The van der Waals surface area contributed by atoms with E-state index in [2.05, 4.69) is 0 Å². The highest BCUT2D eigenvalue weighted by molar-refractivity contribution is 6.31. The van der Waals surface area contributed by atoms with Crippen LogP contribution in [0.2, 0.25) is 5.02 Å². The van der Waals surface area contributed by atoms with Gasteiger partial charge in [0.1, 0.15) is 0 Å². The Bertz CT molecular complexity index is 161. The molecule has 1 aromatic carbocycles. The molecule has 50 valence electrons. The summed E-state index contributed by atoms with van der Waals surface area (Å²) in [7, 11) is 0. The second kappa shape index (κ2) is 3.52. The van der Waals surface area contributed by atoms with E-state index >= 15 is 0 Å². The van der Waals surface area contributed by atoms with Crippen molar-refractivity contribution in [2.75, 3.05) is 0 Å². The van der Waals surface area contributed by atoms with E-state index in [1.807, 2.05) is 31.2 Å². The third-order valence-electron chi connectivity index (χ3n) is 1.08. The average molecular weight is 143 g/mol. The number of hydrogen-bond donors (Lipinski definition) is 0. The van der Waals surface area contributed by atoms with Crippen molar-refractivity contribution in [3.8, 4) is 0 Å². The average Bonchev–Trinajstić information content (AvgIpc) is 1.77. The molecule has 0 saturated heterocycles. The molecule has 0 radical (unpaired) electrons. The van der Waals surface area contributed by atoms with Gasteiger partial charge in [-0.2, -0.15) is 0 Å². The smallest absolute Gasteiger partial charge is 0.0435 e. The molecule has 1 aromatic rings. The molecule has 0 saturated carbocycles. The van der Waals surface area contributed by atoms with Crippen molar-refractivity contribution in [1.29, 1.82) is 0 Å². The monoisotopic (exact) mass is 142 g/mol. The highest BCUT2D eigenvalue weighted by Gasteiger charge is 1.86. The fourth-order valence-electron chi connectivity index (χ4n) is 0.551. The first-order chi connectivity index (χ1) is 3.80. The summed E-state index contributed by atoms with van der Waals surface area (Å²) in [6.45, 7) is 1.99. The van der Waals surface area contributed by atoms with E-state index in [-0.39, 0.29) is 7.43 Å². The van der Waals surface area contributed by atoms with E-state index in [1.54, 1.807) is 0 Å². The maximum atomic E-state index is 5.71. The highest BCUT2D eigenvalue weighted by atomic mass is 35.5. The number of hydrogen-bond acceptors (Lipinski definition) is 0. The van der Waals surface area contributed by atoms with Crippen LogP contribution in [0.15, 0.2) is 24.3 Å². The minimum Gasteiger partial charge on any atom is -0.0841 e. The molecular formula is C8H11Cl. The number of rotatable bonds is 0. The van der Waals surface area contributed by atoms with E-state index in [0.717, 1.165) is 10.6 Å². The van der Waals surface area contributed by atoms with Gasteiger partial charge in [-0.05, 0) is 18.6 Å². The summed E-state index contributed by atoms with van der Waals surface area (Å²) in [6.07, 6.45) is 0. The molecule has 0 spiro atoms. The van der Waals surface area contributed by atoms with Crippen LogP contribution in [0, 0.1) is 6.92 Å². The van der Waals surface area contributed by atoms with Gasteiger partial charge in [0.15, 0.2) is 0 Å². The second-order valence-corrected chi connectivity index (χ2v) is 2.16. The third kappa shape index (κ3) is 2.06. The Kier molecular flexibility index (Phi) is 3.33. The van der Waals surface area contributed by atoms with Gasteiger partial charge in [0, 0.05) is 5.02 Å². The van der Waals surface area contributed by atoms with Crippen molar-refractivity contribution in [2.45, 2.75) is 14.4 Å². The lowest BCUT2D eigenvalue weighted by Crippen LogP contribution is -1.68. The zero-order valence-electron chi connectivity index (χ0n) is 4.69. The molecule has 0 aliphatic heterocycles. The lowest BCUT2D eigenvalue weighted by atomic mass is 10.2. The topological polar surface area (TPSA) is 0 Å². The summed E-state index contributed by atoms with van der Waals surface area (Å²) in [4.78, 5) is 0. The van der Waals surface area contributed by atoms with E-state index in [4.69, 9.17) is 11.6 Å². The molecule has 0 N–H and O–H groups in total. The zero-order valence-corrected chi connectivity index (χ0v) is 5.44. The largest absolute Gasteiger partial charge is 0.0841 e. The van der Waals surface area contributed by atoms with Crippen molar-refractivity contribution in [1.82, 2.24) is 0 Å². The minimum atomic E-state index is 0. The van der Waals surface area contributed by atoms with Gasteiger partial charge in [-0.3, -0.25) is 0 Å². The van der Waals surface area contributed by atoms with E-state index in [1.165, 1.54) is 0 Å². The van der Waals surface area contributed by atoms with Crippen LogP contribution >= 0.6 is 11.6 Å². The first kappa shape index (κ1) is 8.51. The van der Waals surface area contributed by atoms with Crippen LogP contribution in [0.4, 0.5) is 0 Å². The van der Waals surface area contributed by atoms with Gasteiger partial charge in [0.05, 0.1) is 0 Å². The molecule has 1 heteroatoms. The Morgan fingerprint density at radius 1 is 1.22 bits per heavy atom. The molecule has 1 rings (SSSR count). The van der Waals surface area contributed by atoms with Gasteiger partial charge in [0.25, 0.3) is 0 Å². The Balaban J connectivity index is 0.000000640. The summed E-state index contributed by atoms with van der Waals surface area (Å²) in [5.74, 6) is 0. The Hall–Kier alpha value is -0.490. The fourth-order valence-corrected chi connectivity index (χ4v) is 0.687. The quantitative estimate of drug-likeness (QED) is 0.522. The zero-order chi connectivity index (χ0) is 5.98. The summed E-state index contributed by atoms with van der Waals surface area (Å²) >= 11 is 5.71. The van der Waals surface area contributed by atoms with Crippen LogP contribution < -0.4 is 0 Å². The summed E-state index contributed by atoms with van der Waals surface area (Å²) in [5, 5.41) is 0.840. The molecule has 0 aromatic heterocycles. The van der Waals surface area contributed by atoms with Gasteiger partial charge in [0.2, 0.25) is 0 Å².